The van der Waals surface area contributed by atoms with Gasteiger partial charge in [-0.15, -0.1) is 0 Å². The molecule has 0 spiro atoms. The van der Waals surface area contributed by atoms with Crippen LogP contribution in [-0.4, -0.2) is 0 Å². The van der Waals surface area contributed by atoms with E-state index in [1.807, 2.05) is 0 Å². The summed E-state index contributed by atoms with van der Waals surface area (Å²) < 4.78 is 109. The van der Waals surface area contributed by atoms with Crippen LogP contribution in [0.15, 0.2) is 0 Å². The summed E-state index contributed by atoms with van der Waals surface area (Å²) in [6.45, 7) is 0. The maximum Gasteiger partial charge on any atom is 0.170 e. The third-order valence-corrected chi connectivity index (χ3v) is 3.08. The van der Waals surface area contributed by atoms with Crippen molar-refractivity contribution in [2.75, 3.05) is 0 Å². The van der Waals surface area contributed by atoms with Crippen LogP contribution in [0.4, 0.5) is 35.1 Å². The van der Waals surface area contributed by atoms with Gasteiger partial charge in [-0.3, -0.25) is 0 Å². The van der Waals surface area contributed by atoms with Gasteiger partial charge in [0.15, 0.2) is 23.3 Å². The Hall–Kier alpha value is -2.38. The van der Waals surface area contributed by atoms with E-state index < -0.39 is 68.1 Å². The van der Waals surface area contributed by atoms with Crippen LogP contribution in [-0.2, 0) is 0 Å². The van der Waals surface area contributed by atoms with Crippen molar-refractivity contribution in [3.63, 3.8) is 0 Å². The van der Waals surface area contributed by atoms with Gasteiger partial charge in [0.2, 0.25) is 0 Å². The van der Waals surface area contributed by atoms with Crippen molar-refractivity contribution in [2.24, 2.45) is 0 Å². The van der Waals surface area contributed by atoms with E-state index in [1.54, 1.807) is 0 Å². The van der Waals surface area contributed by atoms with Gasteiger partial charge in [-0.25, -0.2) is 35.1 Å². The summed E-state index contributed by atoms with van der Waals surface area (Å²) in [6, 6.07) is 2.29. The van der Waals surface area contributed by atoms with Gasteiger partial charge in [0.1, 0.15) is 23.3 Å². The molecule has 3 aromatic rings. The highest BCUT2D eigenvalue weighted by atomic mass is 19.2. The first-order valence-electron chi connectivity index (χ1n) is 5.51. The van der Waals surface area contributed by atoms with Gasteiger partial charge in [0.25, 0.3) is 0 Å². The summed E-state index contributed by atoms with van der Waals surface area (Å²) in [7, 11) is 0. The number of fused-ring (bicyclic) bond motifs is 2. The maximum atomic E-state index is 14.1. The van der Waals surface area contributed by atoms with Crippen LogP contribution in [0.2, 0.25) is 0 Å². The lowest BCUT2D eigenvalue weighted by Crippen LogP contribution is -2.03. The number of halogens is 8. The molecule has 0 heterocycles. The van der Waals surface area contributed by atoms with Gasteiger partial charge in [-0.1, -0.05) is 0 Å². The molecule has 0 aliphatic heterocycles. The molecular weight excluding hydrogens is 320 g/mol. The van der Waals surface area contributed by atoms with Crippen molar-refractivity contribution in [2.45, 2.75) is 0 Å². The van der Waals surface area contributed by atoms with E-state index in [9.17, 15) is 35.1 Å². The molecule has 0 fully saturated rings. The Morgan fingerprint density at radius 2 is 0.682 bits per heavy atom. The quantitative estimate of drug-likeness (QED) is 0.320. The first-order chi connectivity index (χ1) is 10.3. The maximum absolute atomic E-state index is 14.1. The second-order valence-corrected chi connectivity index (χ2v) is 4.26. The van der Waals surface area contributed by atoms with Crippen molar-refractivity contribution in [3.05, 3.63) is 58.7 Å². The molecule has 0 aliphatic carbocycles. The monoisotopic (exact) mass is 320 g/mol. The van der Waals surface area contributed by atoms with E-state index >= 15 is 0 Å². The minimum absolute atomic E-state index is 1.14. The SMILES string of the molecule is Fc1[c]c(F)c2c(F)c3c(F)[c]c(F)c(F)c3c(F)c2c1F. The van der Waals surface area contributed by atoms with Crippen molar-refractivity contribution >= 4 is 21.5 Å². The van der Waals surface area contributed by atoms with E-state index in [2.05, 4.69) is 0 Å². The zero-order chi connectivity index (χ0) is 16.3. The third-order valence-electron chi connectivity index (χ3n) is 3.08. The van der Waals surface area contributed by atoms with Crippen LogP contribution in [0.1, 0.15) is 0 Å². The van der Waals surface area contributed by atoms with Crippen molar-refractivity contribution in [3.8, 4) is 0 Å². The van der Waals surface area contributed by atoms with Gasteiger partial charge < -0.3 is 0 Å². The molecule has 0 saturated carbocycles. The summed E-state index contributed by atoms with van der Waals surface area (Å²) in [5, 5.41) is -6.16. The van der Waals surface area contributed by atoms with Crippen LogP contribution in [0.25, 0.3) is 21.5 Å². The van der Waals surface area contributed by atoms with Crippen LogP contribution >= 0.6 is 0 Å². The van der Waals surface area contributed by atoms with Crippen molar-refractivity contribution in [1.82, 2.24) is 0 Å². The zero-order valence-electron chi connectivity index (χ0n) is 10.0. The Morgan fingerprint density at radius 3 is 1.05 bits per heavy atom. The minimum Gasteiger partial charge on any atom is -0.205 e. The topological polar surface area (TPSA) is 0 Å². The zero-order valence-corrected chi connectivity index (χ0v) is 10.0. The van der Waals surface area contributed by atoms with Gasteiger partial charge in [0, 0.05) is 0 Å². The molecule has 22 heavy (non-hydrogen) atoms. The van der Waals surface area contributed by atoms with E-state index in [0.717, 1.165) is 12.1 Å². The lowest BCUT2D eigenvalue weighted by atomic mass is 9.99. The molecule has 112 valence electrons. The number of hydrogen-bond acceptors (Lipinski definition) is 0. The fourth-order valence-corrected chi connectivity index (χ4v) is 2.16. The Labute approximate surface area is 116 Å². The number of rotatable bonds is 0. The molecular formula is C14F8. The average molecular weight is 320 g/mol. The highest BCUT2D eigenvalue weighted by Gasteiger charge is 2.28. The standard InChI is InChI=1S/C14F8/c15-3-1-5(17)11(19)9-7(3)13(21)8-4(16)2-6(18)12(20)10(8)14(9)22. The van der Waals surface area contributed by atoms with Crippen molar-refractivity contribution < 1.29 is 35.1 Å². The van der Waals surface area contributed by atoms with Gasteiger partial charge in [0.05, 0.1) is 33.7 Å². The van der Waals surface area contributed by atoms with Crippen LogP contribution in [0, 0.1) is 58.7 Å². The van der Waals surface area contributed by atoms with Gasteiger partial charge in [-0.05, 0) is 0 Å². The summed E-state index contributed by atoms with van der Waals surface area (Å²) in [6.07, 6.45) is 0. The molecule has 0 atom stereocenters. The number of benzene rings is 3. The molecule has 0 nitrogen and oxygen atoms in total. The molecule has 3 aromatic carbocycles. The predicted molar refractivity (Wildman–Crippen MR) is 58.8 cm³/mol. The molecule has 0 bridgehead atoms. The number of hydrogen-bond donors (Lipinski definition) is 0. The van der Waals surface area contributed by atoms with Gasteiger partial charge in [-0.2, -0.15) is 0 Å². The van der Waals surface area contributed by atoms with E-state index in [0.29, 0.717) is 0 Å². The van der Waals surface area contributed by atoms with Crippen LogP contribution in [0.3, 0.4) is 0 Å². The summed E-state index contributed by atoms with van der Waals surface area (Å²) in [5.41, 5.74) is 0. The van der Waals surface area contributed by atoms with Crippen molar-refractivity contribution in [1.29, 1.82) is 0 Å². The summed E-state index contributed by atoms with van der Waals surface area (Å²) in [4.78, 5) is 0. The molecule has 0 N–H and O–H groups in total. The molecule has 0 saturated heterocycles. The summed E-state index contributed by atoms with van der Waals surface area (Å²) in [5.74, 6) is -15.8. The second kappa shape index (κ2) is 4.56. The van der Waals surface area contributed by atoms with E-state index in [4.69, 9.17) is 0 Å². The smallest absolute Gasteiger partial charge is 0.170 e. The Morgan fingerprint density at radius 1 is 0.364 bits per heavy atom. The molecule has 2 radical (unpaired) electrons. The summed E-state index contributed by atoms with van der Waals surface area (Å²) >= 11 is 0. The molecule has 0 amide bonds. The highest BCUT2D eigenvalue weighted by Crippen LogP contribution is 2.37. The van der Waals surface area contributed by atoms with E-state index in [1.165, 1.54) is 0 Å². The fourth-order valence-electron chi connectivity index (χ4n) is 2.16. The van der Waals surface area contributed by atoms with Gasteiger partial charge >= 0.3 is 0 Å². The fraction of sp³-hybridized carbons (Fsp3) is 0. The Bertz CT molecular complexity index is 886. The first-order valence-corrected chi connectivity index (χ1v) is 5.51. The largest absolute Gasteiger partial charge is 0.205 e. The highest BCUT2D eigenvalue weighted by molar-refractivity contribution is 6.00. The lowest BCUT2D eigenvalue weighted by Gasteiger charge is -2.11. The Kier molecular flexibility index (Phi) is 3.01. The second-order valence-electron chi connectivity index (χ2n) is 4.26. The Balaban J connectivity index is 2.78. The third kappa shape index (κ3) is 1.69. The van der Waals surface area contributed by atoms with Crippen LogP contribution in [0.5, 0.6) is 0 Å². The molecule has 0 aromatic heterocycles. The normalized spacial score (nSPS) is 11.6. The molecule has 0 aliphatic rings. The minimum atomic E-state index is -2.07. The van der Waals surface area contributed by atoms with Crippen LogP contribution < -0.4 is 0 Å². The molecule has 8 heteroatoms. The molecule has 3 rings (SSSR count). The first kappa shape index (κ1) is 14.6. The molecule has 0 unspecified atom stereocenters. The predicted octanol–water partition coefficient (Wildman–Crippen LogP) is 4.71. The lowest BCUT2D eigenvalue weighted by molar-refractivity contribution is 0.489. The van der Waals surface area contributed by atoms with E-state index in [-0.39, 0.29) is 0 Å². The average Bonchev–Trinajstić information content (AvgIpc) is 2.44.